The first-order valence-electron chi connectivity index (χ1n) is 8.59. The zero-order valence-corrected chi connectivity index (χ0v) is 16.6. The Morgan fingerprint density at radius 1 is 1.00 bits per heavy atom. The summed E-state index contributed by atoms with van der Waals surface area (Å²) in [6, 6.07) is 10.4. The zero-order chi connectivity index (χ0) is 20.1. The van der Waals surface area contributed by atoms with E-state index in [1.165, 1.54) is 6.92 Å². The number of ether oxygens (including phenoxy) is 4. The van der Waals surface area contributed by atoms with Crippen LogP contribution in [0.1, 0.15) is 17.3 Å². The maximum absolute atomic E-state index is 12.0. The Balaban J connectivity index is 2.06. The fourth-order valence-corrected chi connectivity index (χ4v) is 2.83. The normalized spacial score (nSPS) is 10.6. The molecular weight excluding hydrogens is 382 g/mol. The predicted molar refractivity (Wildman–Crippen MR) is 108 cm³/mol. The van der Waals surface area contributed by atoms with E-state index in [1.54, 1.807) is 56.8 Å². The van der Waals surface area contributed by atoms with Crippen LogP contribution in [0.3, 0.4) is 0 Å². The third kappa shape index (κ3) is 4.12. The van der Waals surface area contributed by atoms with E-state index in [4.69, 9.17) is 30.5 Å². The topological polar surface area (TPSA) is 66.9 Å². The van der Waals surface area contributed by atoms with Crippen LogP contribution in [0.2, 0.25) is 0 Å². The number of nitrogens with zero attached hydrogens (tertiary/aromatic N) is 1. The molecule has 0 saturated carbocycles. The highest BCUT2D eigenvalue weighted by Crippen LogP contribution is 2.38. The second kappa shape index (κ2) is 8.80. The number of ketones is 1. The Morgan fingerprint density at radius 3 is 2.50 bits per heavy atom. The molecule has 0 radical (unpaired) electrons. The van der Waals surface area contributed by atoms with E-state index >= 15 is 0 Å². The Kier molecular flexibility index (Phi) is 6.21. The number of methoxy groups -OCH3 is 2. The SMILES string of the molecule is COc1ccc(Oc2ccnc3cc(OCCCl)c(OC)cc23)c(C(C)=O)c1. The fourth-order valence-electron chi connectivity index (χ4n) is 2.76. The van der Waals surface area contributed by atoms with Crippen molar-refractivity contribution in [1.29, 1.82) is 0 Å². The third-order valence-electron chi connectivity index (χ3n) is 4.11. The molecule has 7 heteroatoms. The van der Waals surface area contributed by atoms with Crippen molar-refractivity contribution in [2.45, 2.75) is 6.92 Å². The Labute approximate surface area is 167 Å². The Morgan fingerprint density at radius 2 is 1.82 bits per heavy atom. The van der Waals surface area contributed by atoms with Crippen molar-refractivity contribution in [3.63, 3.8) is 0 Å². The van der Waals surface area contributed by atoms with E-state index in [9.17, 15) is 4.79 Å². The van der Waals surface area contributed by atoms with Gasteiger partial charge in [-0.1, -0.05) is 0 Å². The number of hydrogen-bond donors (Lipinski definition) is 0. The van der Waals surface area contributed by atoms with Gasteiger partial charge in [0.15, 0.2) is 17.3 Å². The number of Topliss-reactive ketones (excluding diaryl/α,β-unsaturated/α-hetero) is 1. The lowest BCUT2D eigenvalue weighted by molar-refractivity contribution is 0.101. The molecule has 3 rings (SSSR count). The van der Waals surface area contributed by atoms with Crippen LogP contribution in [-0.2, 0) is 0 Å². The van der Waals surface area contributed by atoms with Crippen molar-refractivity contribution in [1.82, 2.24) is 4.98 Å². The summed E-state index contributed by atoms with van der Waals surface area (Å²) in [7, 11) is 3.11. The van der Waals surface area contributed by atoms with Crippen LogP contribution >= 0.6 is 11.6 Å². The largest absolute Gasteiger partial charge is 0.497 e. The number of alkyl halides is 1. The molecular formula is C21H20ClNO5. The molecule has 0 atom stereocenters. The van der Waals surface area contributed by atoms with Crippen LogP contribution in [0.5, 0.6) is 28.7 Å². The first kappa shape index (κ1) is 19.8. The van der Waals surface area contributed by atoms with Gasteiger partial charge in [0.05, 0.1) is 31.2 Å². The molecule has 1 aromatic heterocycles. The van der Waals surface area contributed by atoms with E-state index < -0.39 is 0 Å². The maximum Gasteiger partial charge on any atom is 0.163 e. The van der Waals surface area contributed by atoms with Gasteiger partial charge in [-0.15, -0.1) is 11.6 Å². The fraction of sp³-hybridized carbons (Fsp3) is 0.238. The van der Waals surface area contributed by atoms with Crippen LogP contribution in [0.15, 0.2) is 42.6 Å². The summed E-state index contributed by atoms with van der Waals surface area (Å²) in [4.78, 5) is 16.4. The molecule has 28 heavy (non-hydrogen) atoms. The summed E-state index contributed by atoms with van der Waals surface area (Å²) in [5.41, 5.74) is 1.10. The molecule has 0 unspecified atom stereocenters. The minimum absolute atomic E-state index is 0.124. The second-order valence-electron chi connectivity index (χ2n) is 5.89. The van der Waals surface area contributed by atoms with Gasteiger partial charge in [-0.25, -0.2) is 0 Å². The first-order chi connectivity index (χ1) is 13.6. The highest BCUT2D eigenvalue weighted by atomic mass is 35.5. The molecule has 0 aliphatic carbocycles. The standard InChI is InChI=1S/C21H20ClNO5/c1-13(24)15-10-14(25-2)4-5-18(15)28-19-6-8-23-17-12-21(27-9-7-22)20(26-3)11-16(17)19/h4-6,8,10-12H,7,9H2,1-3H3. The summed E-state index contributed by atoms with van der Waals surface area (Å²) in [6.45, 7) is 1.84. The number of pyridine rings is 1. The summed E-state index contributed by atoms with van der Waals surface area (Å²) < 4.78 is 22.3. The molecule has 0 aliphatic rings. The minimum atomic E-state index is -0.124. The van der Waals surface area contributed by atoms with Gasteiger partial charge in [-0.3, -0.25) is 9.78 Å². The van der Waals surface area contributed by atoms with Gasteiger partial charge in [0.1, 0.15) is 23.9 Å². The Bertz CT molecular complexity index is 1010. The molecule has 0 bridgehead atoms. The lowest BCUT2D eigenvalue weighted by Gasteiger charge is -2.15. The number of aromatic nitrogens is 1. The Hall–Kier alpha value is -2.99. The molecule has 0 amide bonds. The van der Waals surface area contributed by atoms with Gasteiger partial charge in [-0.2, -0.15) is 0 Å². The lowest BCUT2D eigenvalue weighted by atomic mass is 10.1. The van der Waals surface area contributed by atoms with Gasteiger partial charge in [0, 0.05) is 17.6 Å². The van der Waals surface area contributed by atoms with Gasteiger partial charge in [-0.05, 0) is 37.3 Å². The quantitative estimate of drug-likeness (QED) is 0.396. The van der Waals surface area contributed by atoms with Crippen molar-refractivity contribution < 1.29 is 23.7 Å². The third-order valence-corrected chi connectivity index (χ3v) is 4.26. The van der Waals surface area contributed by atoms with Crippen molar-refractivity contribution in [2.75, 3.05) is 26.7 Å². The van der Waals surface area contributed by atoms with Crippen molar-refractivity contribution in [3.8, 4) is 28.7 Å². The second-order valence-corrected chi connectivity index (χ2v) is 6.27. The van der Waals surface area contributed by atoms with Crippen molar-refractivity contribution in [3.05, 3.63) is 48.2 Å². The van der Waals surface area contributed by atoms with Crippen LogP contribution in [0.4, 0.5) is 0 Å². The van der Waals surface area contributed by atoms with Crippen LogP contribution in [0.25, 0.3) is 10.9 Å². The highest BCUT2D eigenvalue weighted by molar-refractivity contribution is 6.18. The summed E-state index contributed by atoms with van der Waals surface area (Å²) >= 11 is 5.70. The van der Waals surface area contributed by atoms with Gasteiger partial charge >= 0.3 is 0 Å². The molecule has 6 nitrogen and oxygen atoms in total. The van der Waals surface area contributed by atoms with Gasteiger partial charge in [0.25, 0.3) is 0 Å². The molecule has 1 heterocycles. The zero-order valence-electron chi connectivity index (χ0n) is 15.8. The van der Waals surface area contributed by atoms with Crippen molar-refractivity contribution >= 4 is 28.3 Å². The summed E-state index contributed by atoms with van der Waals surface area (Å²) in [5.74, 6) is 2.89. The minimum Gasteiger partial charge on any atom is -0.497 e. The van der Waals surface area contributed by atoms with E-state index in [-0.39, 0.29) is 5.78 Å². The molecule has 0 saturated heterocycles. The predicted octanol–water partition coefficient (Wildman–Crippen LogP) is 4.86. The van der Waals surface area contributed by atoms with E-state index in [0.29, 0.717) is 52.3 Å². The molecule has 0 aliphatic heterocycles. The van der Waals surface area contributed by atoms with Crippen molar-refractivity contribution in [2.24, 2.45) is 0 Å². The number of benzene rings is 2. The lowest BCUT2D eigenvalue weighted by Crippen LogP contribution is -2.01. The summed E-state index contributed by atoms with van der Waals surface area (Å²) in [5, 5.41) is 0.725. The number of carbonyl (C=O) groups excluding carboxylic acids is 1. The molecule has 2 aromatic carbocycles. The number of fused-ring (bicyclic) bond motifs is 1. The smallest absolute Gasteiger partial charge is 0.163 e. The van der Waals surface area contributed by atoms with E-state index in [1.807, 2.05) is 0 Å². The molecule has 3 aromatic rings. The average molecular weight is 402 g/mol. The molecule has 0 fully saturated rings. The first-order valence-corrected chi connectivity index (χ1v) is 9.13. The number of rotatable bonds is 8. The molecule has 146 valence electrons. The maximum atomic E-state index is 12.0. The average Bonchev–Trinajstić information content (AvgIpc) is 2.71. The number of halogens is 1. The van der Waals surface area contributed by atoms with Crippen LogP contribution in [0, 0.1) is 0 Å². The van der Waals surface area contributed by atoms with Gasteiger partial charge in [0.2, 0.25) is 0 Å². The van der Waals surface area contributed by atoms with E-state index in [2.05, 4.69) is 4.98 Å². The molecule has 0 N–H and O–H groups in total. The van der Waals surface area contributed by atoms with Gasteiger partial charge < -0.3 is 18.9 Å². The number of hydrogen-bond acceptors (Lipinski definition) is 6. The molecule has 0 spiro atoms. The number of carbonyl (C=O) groups is 1. The van der Waals surface area contributed by atoms with Crippen LogP contribution in [-0.4, -0.2) is 37.5 Å². The van der Waals surface area contributed by atoms with E-state index in [0.717, 1.165) is 5.39 Å². The van der Waals surface area contributed by atoms with Crippen LogP contribution < -0.4 is 18.9 Å². The highest BCUT2D eigenvalue weighted by Gasteiger charge is 2.15. The monoisotopic (exact) mass is 401 g/mol. The summed E-state index contributed by atoms with van der Waals surface area (Å²) in [6.07, 6.45) is 1.63.